The Kier molecular flexibility index (Phi) is 5.48. The van der Waals surface area contributed by atoms with Gasteiger partial charge in [0.2, 0.25) is 0 Å². The fourth-order valence-corrected chi connectivity index (χ4v) is 3.96. The molecule has 0 atom stereocenters. The van der Waals surface area contributed by atoms with Gasteiger partial charge in [-0.3, -0.25) is 0 Å². The number of urea groups is 1. The lowest BCUT2D eigenvalue weighted by Gasteiger charge is -2.34. The largest absolute Gasteiger partial charge is 0.381 e. The van der Waals surface area contributed by atoms with Crippen LogP contribution in [0.4, 0.5) is 4.79 Å². The van der Waals surface area contributed by atoms with Gasteiger partial charge in [-0.05, 0) is 35.7 Å². The molecule has 0 spiro atoms. The molecule has 2 amide bonds. The van der Waals surface area contributed by atoms with E-state index < -0.39 is 0 Å². The number of hydrogen-bond acceptors (Lipinski definition) is 4. The lowest BCUT2D eigenvalue weighted by atomic mass is 10.1. The lowest BCUT2D eigenvalue weighted by molar-refractivity contribution is 0.0439. The van der Waals surface area contributed by atoms with Crippen LogP contribution in [0.2, 0.25) is 0 Å². The molecule has 118 valence electrons. The second-order valence-electron chi connectivity index (χ2n) is 5.29. The summed E-state index contributed by atoms with van der Waals surface area (Å²) in [5, 5.41) is 7.14. The molecule has 3 rings (SSSR count). The Morgan fingerprint density at radius 3 is 2.50 bits per heavy atom. The lowest BCUT2D eigenvalue weighted by Crippen LogP contribution is -2.47. The summed E-state index contributed by atoms with van der Waals surface area (Å²) < 4.78 is 5.43. The first-order valence-corrected chi connectivity index (χ1v) is 9.26. The number of carbonyl (C=O) groups is 1. The molecule has 1 aliphatic rings. The van der Waals surface area contributed by atoms with E-state index in [1.807, 2.05) is 28.5 Å². The minimum Gasteiger partial charge on any atom is -0.381 e. The SMILES string of the molecule is O=C(NCc1cccs1)N(Cc1cccs1)C1CCOCC1. The molecule has 1 N–H and O–H groups in total. The average molecular weight is 336 g/mol. The summed E-state index contributed by atoms with van der Waals surface area (Å²) >= 11 is 3.36. The first-order valence-electron chi connectivity index (χ1n) is 7.50. The highest BCUT2D eigenvalue weighted by molar-refractivity contribution is 7.10. The van der Waals surface area contributed by atoms with Gasteiger partial charge in [-0.25, -0.2) is 4.79 Å². The maximum absolute atomic E-state index is 12.6. The first-order chi connectivity index (χ1) is 10.8. The second-order valence-corrected chi connectivity index (χ2v) is 7.35. The zero-order chi connectivity index (χ0) is 15.2. The van der Waals surface area contributed by atoms with Crippen LogP contribution >= 0.6 is 22.7 Å². The Balaban J connectivity index is 1.64. The molecule has 2 aromatic heterocycles. The second kappa shape index (κ2) is 7.76. The molecule has 4 nitrogen and oxygen atoms in total. The summed E-state index contributed by atoms with van der Waals surface area (Å²) in [7, 11) is 0. The number of amides is 2. The van der Waals surface area contributed by atoms with Crippen LogP contribution in [0.3, 0.4) is 0 Å². The molecule has 0 bridgehead atoms. The number of thiophene rings is 2. The third kappa shape index (κ3) is 4.09. The van der Waals surface area contributed by atoms with E-state index in [9.17, 15) is 4.79 Å². The van der Waals surface area contributed by atoms with Crippen molar-refractivity contribution in [3.05, 3.63) is 44.8 Å². The topological polar surface area (TPSA) is 41.6 Å². The van der Waals surface area contributed by atoms with Crippen LogP contribution < -0.4 is 5.32 Å². The van der Waals surface area contributed by atoms with Crippen molar-refractivity contribution in [3.63, 3.8) is 0 Å². The van der Waals surface area contributed by atoms with E-state index in [4.69, 9.17) is 4.74 Å². The highest BCUT2D eigenvalue weighted by Crippen LogP contribution is 2.20. The van der Waals surface area contributed by atoms with Crippen molar-refractivity contribution in [2.75, 3.05) is 13.2 Å². The van der Waals surface area contributed by atoms with Crippen molar-refractivity contribution in [2.24, 2.45) is 0 Å². The zero-order valence-electron chi connectivity index (χ0n) is 12.4. The molecule has 0 radical (unpaired) electrons. The van der Waals surface area contributed by atoms with Gasteiger partial charge in [0.15, 0.2) is 0 Å². The van der Waals surface area contributed by atoms with E-state index in [-0.39, 0.29) is 12.1 Å². The molecule has 6 heteroatoms. The molecule has 0 aromatic carbocycles. The van der Waals surface area contributed by atoms with Gasteiger partial charge in [-0.15, -0.1) is 22.7 Å². The molecule has 0 aliphatic carbocycles. The minimum atomic E-state index is 0.0219. The highest BCUT2D eigenvalue weighted by atomic mass is 32.1. The van der Waals surface area contributed by atoms with E-state index in [1.54, 1.807) is 22.7 Å². The molecule has 3 heterocycles. The molecular weight excluding hydrogens is 316 g/mol. The number of ether oxygens (including phenoxy) is 1. The maximum Gasteiger partial charge on any atom is 0.318 e. The summed E-state index contributed by atoms with van der Waals surface area (Å²) in [6, 6.07) is 8.46. The quantitative estimate of drug-likeness (QED) is 0.904. The van der Waals surface area contributed by atoms with E-state index in [1.165, 1.54) is 9.75 Å². The van der Waals surface area contributed by atoms with Gasteiger partial charge in [-0.1, -0.05) is 12.1 Å². The fraction of sp³-hybridized carbons (Fsp3) is 0.438. The number of hydrogen-bond donors (Lipinski definition) is 1. The molecule has 0 saturated carbocycles. The smallest absolute Gasteiger partial charge is 0.318 e. The monoisotopic (exact) mass is 336 g/mol. The van der Waals surface area contributed by atoms with Crippen LogP contribution in [0.5, 0.6) is 0 Å². The Morgan fingerprint density at radius 2 is 1.86 bits per heavy atom. The van der Waals surface area contributed by atoms with Gasteiger partial charge in [0.25, 0.3) is 0 Å². The van der Waals surface area contributed by atoms with Crippen LogP contribution in [0.15, 0.2) is 35.0 Å². The molecule has 1 aliphatic heterocycles. The number of nitrogens with zero attached hydrogens (tertiary/aromatic N) is 1. The maximum atomic E-state index is 12.6. The average Bonchev–Trinajstić information content (AvgIpc) is 3.24. The fourth-order valence-electron chi connectivity index (χ4n) is 2.61. The van der Waals surface area contributed by atoms with Gasteiger partial charge >= 0.3 is 6.03 Å². The van der Waals surface area contributed by atoms with Crippen molar-refractivity contribution < 1.29 is 9.53 Å². The van der Waals surface area contributed by atoms with E-state index in [0.29, 0.717) is 13.1 Å². The van der Waals surface area contributed by atoms with Crippen molar-refractivity contribution in [1.82, 2.24) is 10.2 Å². The predicted octanol–water partition coefficient (Wildman–Crippen LogP) is 3.70. The summed E-state index contributed by atoms with van der Waals surface area (Å²) in [4.78, 5) is 17.0. The molecule has 1 fully saturated rings. The normalized spacial score (nSPS) is 15.6. The number of rotatable bonds is 5. The molecular formula is C16H20N2O2S2. The molecule has 22 heavy (non-hydrogen) atoms. The Hall–Kier alpha value is -1.37. The van der Waals surface area contributed by atoms with E-state index >= 15 is 0 Å². The Labute approximate surface area is 138 Å². The predicted molar refractivity (Wildman–Crippen MR) is 90.3 cm³/mol. The van der Waals surface area contributed by atoms with Crippen LogP contribution in [0, 0.1) is 0 Å². The van der Waals surface area contributed by atoms with Crippen LogP contribution in [-0.4, -0.2) is 30.2 Å². The van der Waals surface area contributed by atoms with Crippen molar-refractivity contribution >= 4 is 28.7 Å². The van der Waals surface area contributed by atoms with Gasteiger partial charge in [0.05, 0.1) is 13.1 Å². The zero-order valence-corrected chi connectivity index (χ0v) is 14.0. The molecule has 2 aromatic rings. The van der Waals surface area contributed by atoms with Gasteiger partial charge in [-0.2, -0.15) is 0 Å². The highest BCUT2D eigenvalue weighted by Gasteiger charge is 2.26. The van der Waals surface area contributed by atoms with Crippen molar-refractivity contribution in [2.45, 2.75) is 32.0 Å². The van der Waals surface area contributed by atoms with Gasteiger partial charge in [0.1, 0.15) is 0 Å². The minimum absolute atomic E-state index is 0.0219. The Bertz CT molecular complexity index is 563. The first kappa shape index (κ1) is 15.5. The van der Waals surface area contributed by atoms with Crippen LogP contribution in [0.25, 0.3) is 0 Å². The summed E-state index contributed by atoms with van der Waals surface area (Å²) in [5.74, 6) is 0. The van der Waals surface area contributed by atoms with Gasteiger partial charge < -0.3 is 15.0 Å². The van der Waals surface area contributed by atoms with Crippen LogP contribution in [-0.2, 0) is 17.8 Å². The standard InChI is InChI=1S/C16H20N2O2S2/c19-16(17-11-14-3-1-9-21-14)18(12-15-4-2-10-22-15)13-5-7-20-8-6-13/h1-4,9-10,13H,5-8,11-12H2,(H,17,19). The number of nitrogens with one attached hydrogen (secondary N) is 1. The molecule has 0 unspecified atom stereocenters. The van der Waals surface area contributed by atoms with E-state index in [0.717, 1.165) is 26.1 Å². The third-order valence-electron chi connectivity index (χ3n) is 3.79. The van der Waals surface area contributed by atoms with Crippen molar-refractivity contribution in [3.8, 4) is 0 Å². The van der Waals surface area contributed by atoms with Crippen molar-refractivity contribution in [1.29, 1.82) is 0 Å². The van der Waals surface area contributed by atoms with Gasteiger partial charge in [0, 0.05) is 29.0 Å². The molecule has 1 saturated heterocycles. The number of carbonyl (C=O) groups excluding carboxylic acids is 1. The third-order valence-corrected chi connectivity index (χ3v) is 5.53. The van der Waals surface area contributed by atoms with Crippen LogP contribution in [0.1, 0.15) is 22.6 Å². The summed E-state index contributed by atoms with van der Waals surface area (Å²) in [5.41, 5.74) is 0. The summed E-state index contributed by atoms with van der Waals surface area (Å²) in [6.07, 6.45) is 1.83. The Morgan fingerprint density at radius 1 is 1.18 bits per heavy atom. The van der Waals surface area contributed by atoms with E-state index in [2.05, 4.69) is 16.8 Å². The summed E-state index contributed by atoms with van der Waals surface area (Å²) in [6.45, 7) is 2.76.